The van der Waals surface area contributed by atoms with Crippen molar-refractivity contribution in [3.8, 4) is 0 Å². The summed E-state index contributed by atoms with van der Waals surface area (Å²) in [7, 11) is 3.33. The first kappa shape index (κ1) is 15.3. The molecule has 0 bridgehead atoms. The van der Waals surface area contributed by atoms with E-state index in [1.165, 1.54) is 4.90 Å². The number of hydrogen-bond acceptors (Lipinski definition) is 4. The molecule has 1 saturated carbocycles. The van der Waals surface area contributed by atoms with Gasteiger partial charge in [0.05, 0.1) is 6.10 Å². The van der Waals surface area contributed by atoms with Crippen LogP contribution < -0.4 is 11.1 Å². The van der Waals surface area contributed by atoms with Crippen molar-refractivity contribution in [1.82, 2.24) is 10.2 Å². The Morgan fingerprint density at radius 1 is 1.40 bits per heavy atom. The Labute approximate surface area is 120 Å². The lowest BCUT2D eigenvalue weighted by atomic mass is 9.48. The molecule has 6 heteroatoms. The van der Waals surface area contributed by atoms with E-state index >= 15 is 0 Å². The number of amides is 2. The van der Waals surface area contributed by atoms with Crippen LogP contribution in [0.3, 0.4) is 0 Å². The molecule has 2 aliphatic rings. The Bertz CT molecular complexity index is 435. The molecule has 6 nitrogen and oxygen atoms in total. The second-order valence-electron chi connectivity index (χ2n) is 6.71. The number of nitrogens with one attached hydrogen (secondary N) is 1. The number of nitrogens with zero attached hydrogens (tertiary/aromatic N) is 1. The zero-order valence-electron chi connectivity index (χ0n) is 12.9. The molecule has 20 heavy (non-hydrogen) atoms. The molecular formula is C14H25N3O3. The van der Waals surface area contributed by atoms with Gasteiger partial charge in [-0.05, 0) is 13.3 Å². The van der Waals surface area contributed by atoms with Crippen LogP contribution in [0, 0.1) is 11.3 Å². The van der Waals surface area contributed by atoms with E-state index < -0.39 is 17.0 Å². The fourth-order valence-electron chi connectivity index (χ4n) is 3.61. The zero-order chi connectivity index (χ0) is 15.3. The molecule has 0 spiro atoms. The molecule has 0 aromatic heterocycles. The Morgan fingerprint density at radius 2 is 2.00 bits per heavy atom. The Kier molecular flexibility index (Phi) is 3.59. The molecule has 1 aliphatic heterocycles. The van der Waals surface area contributed by atoms with Gasteiger partial charge in [-0.2, -0.15) is 0 Å². The van der Waals surface area contributed by atoms with Crippen LogP contribution in [-0.2, 0) is 14.3 Å². The summed E-state index contributed by atoms with van der Waals surface area (Å²) in [5.74, 6) is -0.352. The third kappa shape index (κ3) is 1.85. The lowest BCUT2D eigenvalue weighted by Gasteiger charge is -2.60. The molecule has 1 aliphatic carbocycles. The highest BCUT2D eigenvalue weighted by atomic mass is 16.5. The van der Waals surface area contributed by atoms with Gasteiger partial charge in [0.2, 0.25) is 11.8 Å². The van der Waals surface area contributed by atoms with Crippen LogP contribution in [0.15, 0.2) is 0 Å². The number of carbonyl (C=O) groups is 2. The van der Waals surface area contributed by atoms with Crippen molar-refractivity contribution in [2.24, 2.45) is 17.1 Å². The van der Waals surface area contributed by atoms with Gasteiger partial charge in [-0.25, -0.2) is 0 Å². The SMILES string of the molecule is CC(NC(=O)C1(N)C2CCOC2C1(C)C)C(=O)N(C)C. The van der Waals surface area contributed by atoms with E-state index in [9.17, 15) is 9.59 Å². The average molecular weight is 283 g/mol. The summed E-state index contributed by atoms with van der Waals surface area (Å²) >= 11 is 0. The first-order chi connectivity index (χ1) is 9.14. The van der Waals surface area contributed by atoms with Crippen LogP contribution in [0.25, 0.3) is 0 Å². The smallest absolute Gasteiger partial charge is 0.244 e. The Morgan fingerprint density at radius 3 is 2.55 bits per heavy atom. The monoisotopic (exact) mass is 283 g/mol. The van der Waals surface area contributed by atoms with Crippen LogP contribution in [0.2, 0.25) is 0 Å². The number of carbonyl (C=O) groups excluding carboxylic acids is 2. The van der Waals surface area contributed by atoms with Gasteiger partial charge in [-0.3, -0.25) is 9.59 Å². The minimum absolute atomic E-state index is 0.0399. The number of nitrogens with two attached hydrogens (primary N) is 1. The third-order valence-corrected chi connectivity index (χ3v) is 4.99. The quantitative estimate of drug-likeness (QED) is 0.746. The Balaban J connectivity index is 2.11. The molecule has 0 aromatic carbocycles. The molecule has 3 N–H and O–H groups in total. The average Bonchev–Trinajstić information content (AvgIpc) is 2.84. The number of ether oxygens (including phenoxy) is 1. The maximum atomic E-state index is 12.6. The van der Waals surface area contributed by atoms with E-state index in [1.54, 1.807) is 21.0 Å². The predicted octanol–water partition coefficient (Wildman–Crippen LogP) is -0.278. The summed E-state index contributed by atoms with van der Waals surface area (Å²) < 4.78 is 5.67. The number of likely N-dealkylation sites (N-methyl/N-ethyl adjacent to an activating group) is 1. The lowest BCUT2D eigenvalue weighted by Crippen LogP contribution is -2.80. The molecule has 114 valence electrons. The van der Waals surface area contributed by atoms with Crippen molar-refractivity contribution in [2.75, 3.05) is 20.7 Å². The fraction of sp³-hybridized carbons (Fsp3) is 0.857. The molecule has 4 atom stereocenters. The van der Waals surface area contributed by atoms with Gasteiger partial charge in [-0.15, -0.1) is 0 Å². The fourth-order valence-corrected chi connectivity index (χ4v) is 3.61. The van der Waals surface area contributed by atoms with Crippen LogP contribution >= 0.6 is 0 Å². The van der Waals surface area contributed by atoms with E-state index in [-0.39, 0.29) is 23.8 Å². The second-order valence-corrected chi connectivity index (χ2v) is 6.71. The van der Waals surface area contributed by atoms with E-state index in [2.05, 4.69) is 5.32 Å². The Hall–Kier alpha value is -1.14. The van der Waals surface area contributed by atoms with Gasteiger partial charge in [0.25, 0.3) is 0 Å². The standard InChI is InChI=1S/C14H25N3O3/c1-8(11(18)17(4)5)16-12(19)14(15)9-6-7-20-10(9)13(14,2)3/h8-10H,6-7,15H2,1-5H3,(H,16,19). The zero-order valence-corrected chi connectivity index (χ0v) is 12.9. The van der Waals surface area contributed by atoms with Crippen molar-refractivity contribution in [1.29, 1.82) is 0 Å². The van der Waals surface area contributed by atoms with E-state index in [4.69, 9.17) is 10.5 Å². The minimum Gasteiger partial charge on any atom is -0.377 e. The summed E-state index contributed by atoms with van der Waals surface area (Å²) in [5.41, 5.74) is 5.04. The van der Waals surface area contributed by atoms with Crippen molar-refractivity contribution in [2.45, 2.75) is 44.9 Å². The summed E-state index contributed by atoms with van der Waals surface area (Å²) in [6.07, 6.45) is 0.840. The van der Waals surface area contributed by atoms with Crippen LogP contribution in [0.4, 0.5) is 0 Å². The van der Waals surface area contributed by atoms with Crippen molar-refractivity contribution >= 4 is 11.8 Å². The van der Waals surface area contributed by atoms with Gasteiger partial charge in [0, 0.05) is 32.0 Å². The molecule has 1 saturated heterocycles. The van der Waals surface area contributed by atoms with E-state index in [0.29, 0.717) is 6.61 Å². The lowest BCUT2D eigenvalue weighted by molar-refractivity contribution is -0.176. The molecule has 1 heterocycles. The van der Waals surface area contributed by atoms with Crippen LogP contribution in [0.1, 0.15) is 27.2 Å². The first-order valence-electron chi connectivity index (χ1n) is 7.06. The summed E-state index contributed by atoms with van der Waals surface area (Å²) in [5, 5.41) is 2.76. The molecule has 4 unspecified atom stereocenters. The number of hydrogen-bond donors (Lipinski definition) is 2. The topological polar surface area (TPSA) is 84.7 Å². The molecule has 0 aromatic rings. The van der Waals surface area contributed by atoms with Gasteiger partial charge >= 0.3 is 0 Å². The molecule has 0 radical (unpaired) electrons. The maximum Gasteiger partial charge on any atom is 0.244 e. The maximum absolute atomic E-state index is 12.6. The van der Waals surface area contributed by atoms with Crippen LogP contribution in [0.5, 0.6) is 0 Å². The highest BCUT2D eigenvalue weighted by Gasteiger charge is 2.71. The predicted molar refractivity (Wildman–Crippen MR) is 74.8 cm³/mol. The van der Waals surface area contributed by atoms with Gasteiger partial charge < -0.3 is 20.7 Å². The second kappa shape index (κ2) is 4.70. The minimum atomic E-state index is -0.963. The highest BCUT2D eigenvalue weighted by Crippen LogP contribution is 2.58. The first-order valence-corrected chi connectivity index (χ1v) is 7.06. The van der Waals surface area contributed by atoms with E-state index in [0.717, 1.165) is 6.42 Å². The molecular weight excluding hydrogens is 258 g/mol. The van der Waals surface area contributed by atoms with E-state index in [1.807, 2.05) is 13.8 Å². The van der Waals surface area contributed by atoms with Gasteiger partial charge in [-0.1, -0.05) is 13.8 Å². The largest absolute Gasteiger partial charge is 0.377 e. The van der Waals surface area contributed by atoms with Gasteiger partial charge in [0.15, 0.2) is 0 Å². The summed E-state index contributed by atoms with van der Waals surface area (Å²) in [4.78, 5) is 25.9. The number of fused-ring (bicyclic) bond motifs is 1. The summed E-state index contributed by atoms with van der Waals surface area (Å²) in [6.45, 7) is 6.24. The normalized spacial score (nSPS) is 35.7. The third-order valence-electron chi connectivity index (χ3n) is 4.99. The van der Waals surface area contributed by atoms with Crippen molar-refractivity contribution < 1.29 is 14.3 Å². The highest BCUT2D eigenvalue weighted by molar-refractivity contribution is 5.93. The molecule has 2 rings (SSSR count). The van der Waals surface area contributed by atoms with Gasteiger partial charge in [0.1, 0.15) is 11.6 Å². The molecule has 2 amide bonds. The van der Waals surface area contributed by atoms with Crippen molar-refractivity contribution in [3.63, 3.8) is 0 Å². The van der Waals surface area contributed by atoms with Crippen LogP contribution in [-0.4, -0.2) is 55.1 Å². The summed E-state index contributed by atoms with van der Waals surface area (Å²) in [6, 6.07) is -0.574. The number of rotatable bonds is 3. The molecule has 2 fully saturated rings. The van der Waals surface area contributed by atoms with Crippen molar-refractivity contribution in [3.05, 3.63) is 0 Å².